The van der Waals surface area contributed by atoms with Gasteiger partial charge in [-0.2, -0.15) is 0 Å². The average Bonchev–Trinajstić information content (AvgIpc) is 2.94. The summed E-state index contributed by atoms with van der Waals surface area (Å²) < 4.78 is 26.2. The standard InChI is InChI=1S/C29H27BClFN4O4/c1-16-10-20(28-21(11-16)27(37)17(2)29(39-28)36-8-4-3-5-9-36)14-33-23-6-7-24(31)35-26(23)18-12-19-15-34-40-30(38)25(19)22(32)13-18/h6-7,10-13,15,33,38H,3-5,8-9,14H2,1-2H3. The molecule has 0 atom stereocenters. The van der Waals surface area contributed by atoms with Crippen LogP contribution in [0.1, 0.15) is 41.5 Å². The first kappa shape index (κ1) is 26.3. The van der Waals surface area contributed by atoms with Gasteiger partial charge in [0.15, 0.2) is 5.43 Å². The van der Waals surface area contributed by atoms with Crippen LogP contribution in [-0.2, 0) is 11.3 Å². The Hall–Kier alpha value is -3.89. The van der Waals surface area contributed by atoms with E-state index in [1.807, 2.05) is 26.0 Å². The molecular formula is C29H27BClFN4O4. The normalized spacial score (nSPS) is 14.8. The van der Waals surface area contributed by atoms with Crippen molar-refractivity contribution in [2.75, 3.05) is 23.3 Å². The van der Waals surface area contributed by atoms with Gasteiger partial charge in [-0.25, -0.2) is 9.37 Å². The van der Waals surface area contributed by atoms with E-state index in [1.54, 1.807) is 18.2 Å². The van der Waals surface area contributed by atoms with Crippen molar-refractivity contribution in [1.29, 1.82) is 0 Å². The zero-order chi connectivity index (χ0) is 28.0. The summed E-state index contributed by atoms with van der Waals surface area (Å²) in [5, 5.41) is 17.8. The number of nitrogens with one attached hydrogen (secondary N) is 1. The predicted molar refractivity (Wildman–Crippen MR) is 156 cm³/mol. The number of aromatic nitrogens is 1. The number of pyridine rings is 1. The molecule has 0 amide bonds. The number of nitrogens with zero attached hydrogens (tertiary/aromatic N) is 3. The van der Waals surface area contributed by atoms with Crippen LogP contribution in [0.3, 0.4) is 0 Å². The van der Waals surface area contributed by atoms with E-state index in [-0.39, 0.29) is 16.0 Å². The molecule has 4 heterocycles. The van der Waals surface area contributed by atoms with E-state index in [2.05, 4.69) is 20.4 Å². The van der Waals surface area contributed by atoms with Gasteiger partial charge in [-0.1, -0.05) is 17.7 Å². The molecule has 2 aliphatic heterocycles. The van der Waals surface area contributed by atoms with Gasteiger partial charge in [-0.15, -0.1) is 5.16 Å². The first-order valence-corrected chi connectivity index (χ1v) is 13.6. The molecule has 0 saturated carbocycles. The number of oxime groups is 1. The fourth-order valence-corrected chi connectivity index (χ4v) is 5.62. The molecule has 2 aromatic heterocycles. The number of fused-ring (bicyclic) bond motifs is 2. The molecule has 8 nitrogen and oxygen atoms in total. The Labute approximate surface area is 235 Å². The van der Waals surface area contributed by atoms with Gasteiger partial charge in [-0.05, 0) is 69.0 Å². The third-order valence-corrected chi connectivity index (χ3v) is 7.63. The predicted octanol–water partition coefficient (Wildman–Crippen LogP) is 4.92. The zero-order valence-corrected chi connectivity index (χ0v) is 22.9. The quantitative estimate of drug-likeness (QED) is 0.264. The number of hydrogen-bond donors (Lipinski definition) is 2. The SMILES string of the molecule is Cc1cc(CNc2ccc(Cl)nc2-c2cc(F)c3c(c2)C=NOB3O)c2oc(N3CCCCC3)c(C)c(=O)c2c1. The monoisotopic (exact) mass is 560 g/mol. The molecule has 2 aliphatic rings. The summed E-state index contributed by atoms with van der Waals surface area (Å²) in [7, 11) is -1.48. The van der Waals surface area contributed by atoms with Crippen LogP contribution < -0.4 is 21.1 Å². The number of aryl methyl sites for hydroxylation is 1. The molecule has 2 N–H and O–H groups in total. The van der Waals surface area contributed by atoms with E-state index in [0.717, 1.165) is 37.1 Å². The van der Waals surface area contributed by atoms with Crippen LogP contribution in [0, 0.1) is 19.7 Å². The number of benzene rings is 2. The van der Waals surface area contributed by atoms with Gasteiger partial charge in [0.05, 0.1) is 28.5 Å². The zero-order valence-electron chi connectivity index (χ0n) is 22.1. The Morgan fingerprint density at radius 1 is 1.15 bits per heavy atom. The van der Waals surface area contributed by atoms with Gasteiger partial charge in [0, 0.05) is 41.8 Å². The highest BCUT2D eigenvalue weighted by atomic mass is 35.5. The number of rotatable bonds is 5. The Kier molecular flexibility index (Phi) is 6.98. The summed E-state index contributed by atoms with van der Waals surface area (Å²) in [6.45, 7) is 5.82. The van der Waals surface area contributed by atoms with Crippen molar-refractivity contribution < 1.29 is 18.6 Å². The minimum atomic E-state index is -1.48. The maximum Gasteiger partial charge on any atom is 0.586 e. The van der Waals surface area contributed by atoms with E-state index in [9.17, 15) is 9.82 Å². The van der Waals surface area contributed by atoms with E-state index < -0.39 is 12.9 Å². The molecule has 204 valence electrons. The minimum Gasteiger partial charge on any atom is -0.440 e. The van der Waals surface area contributed by atoms with Crippen molar-refractivity contribution in [2.24, 2.45) is 5.16 Å². The Morgan fingerprint density at radius 3 is 2.75 bits per heavy atom. The average molecular weight is 561 g/mol. The van der Waals surface area contributed by atoms with Gasteiger partial charge in [0.1, 0.15) is 16.6 Å². The summed E-state index contributed by atoms with van der Waals surface area (Å²) in [5.41, 5.74) is 4.76. The molecule has 0 spiro atoms. The largest absolute Gasteiger partial charge is 0.586 e. The lowest BCUT2D eigenvalue weighted by molar-refractivity contribution is 0.285. The van der Waals surface area contributed by atoms with Crippen molar-refractivity contribution in [3.63, 3.8) is 0 Å². The number of halogens is 2. The Bertz CT molecular complexity index is 1720. The van der Waals surface area contributed by atoms with E-state index in [4.69, 9.17) is 20.8 Å². The van der Waals surface area contributed by atoms with Crippen molar-refractivity contribution in [1.82, 2.24) is 4.98 Å². The van der Waals surface area contributed by atoms with E-state index in [0.29, 0.717) is 51.5 Å². The third kappa shape index (κ3) is 4.82. The second-order valence-electron chi connectivity index (χ2n) is 10.2. The molecule has 0 radical (unpaired) electrons. The first-order valence-electron chi connectivity index (χ1n) is 13.2. The van der Waals surface area contributed by atoms with Crippen LogP contribution >= 0.6 is 11.6 Å². The molecular weight excluding hydrogens is 534 g/mol. The van der Waals surface area contributed by atoms with E-state index in [1.165, 1.54) is 18.7 Å². The van der Waals surface area contributed by atoms with Crippen LogP contribution in [0.4, 0.5) is 16.0 Å². The number of hydrogen-bond acceptors (Lipinski definition) is 8. The van der Waals surface area contributed by atoms with Crippen molar-refractivity contribution in [3.8, 4) is 11.3 Å². The lowest BCUT2D eigenvalue weighted by atomic mass is 9.75. The van der Waals surface area contributed by atoms with Crippen LogP contribution in [0.2, 0.25) is 5.15 Å². The fourth-order valence-electron chi connectivity index (χ4n) is 5.47. The van der Waals surface area contributed by atoms with Gasteiger partial charge in [0.25, 0.3) is 0 Å². The molecule has 1 fully saturated rings. The Morgan fingerprint density at radius 2 is 1.95 bits per heavy atom. The lowest BCUT2D eigenvalue weighted by Gasteiger charge is -2.28. The highest BCUT2D eigenvalue weighted by molar-refractivity contribution is 6.62. The van der Waals surface area contributed by atoms with Crippen molar-refractivity contribution >= 4 is 52.9 Å². The molecule has 4 aromatic rings. The minimum absolute atomic E-state index is 0.0105. The Balaban J connectivity index is 1.39. The maximum absolute atomic E-state index is 15.0. The van der Waals surface area contributed by atoms with Gasteiger partial charge < -0.3 is 24.4 Å². The summed E-state index contributed by atoms with van der Waals surface area (Å²) >= 11 is 6.24. The summed E-state index contributed by atoms with van der Waals surface area (Å²) in [6.07, 6.45) is 4.65. The highest BCUT2D eigenvalue weighted by Gasteiger charge is 2.30. The van der Waals surface area contributed by atoms with Crippen LogP contribution in [0.5, 0.6) is 0 Å². The van der Waals surface area contributed by atoms with E-state index >= 15 is 4.39 Å². The summed E-state index contributed by atoms with van der Waals surface area (Å²) in [4.78, 5) is 20.0. The molecule has 0 unspecified atom stereocenters. The van der Waals surface area contributed by atoms with Crippen LogP contribution in [0.15, 0.2) is 50.8 Å². The molecule has 2 aromatic carbocycles. The molecule has 40 heavy (non-hydrogen) atoms. The van der Waals surface area contributed by atoms with Crippen LogP contribution in [0.25, 0.3) is 22.2 Å². The number of piperidine rings is 1. The summed E-state index contributed by atoms with van der Waals surface area (Å²) in [6, 6.07) is 10.2. The summed E-state index contributed by atoms with van der Waals surface area (Å²) in [5.74, 6) is -0.0144. The molecule has 0 aliphatic carbocycles. The van der Waals surface area contributed by atoms with Gasteiger partial charge in [0.2, 0.25) is 5.88 Å². The highest BCUT2D eigenvalue weighted by Crippen LogP contribution is 2.32. The smallest absolute Gasteiger partial charge is 0.440 e. The second-order valence-corrected chi connectivity index (χ2v) is 10.6. The maximum atomic E-state index is 15.0. The topological polar surface area (TPSA) is 100 Å². The molecule has 6 rings (SSSR count). The third-order valence-electron chi connectivity index (χ3n) is 7.42. The lowest BCUT2D eigenvalue weighted by Crippen LogP contribution is -2.40. The molecule has 0 bridgehead atoms. The van der Waals surface area contributed by atoms with Crippen LogP contribution in [-0.4, -0.2) is 36.4 Å². The molecule has 11 heteroatoms. The van der Waals surface area contributed by atoms with Gasteiger partial charge in [-0.3, -0.25) is 4.79 Å². The second kappa shape index (κ2) is 10.6. The van der Waals surface area contributed by atoms with Crippen molar-refractivity contribution in [3.05, 3.63) is 79.8 Å². The van der Waals surface area contributed by atoms with Gasteiger partial charge >= 0.3 is 7.12 Å². The first-order chi connectivity index (χ1) is 19.3. The molecule has 1 saturated heterocycles. The fraction of sp³-hybridized carbons (Fsp3) is 0.276. The van der Waals surface area contributed by atoms with Crippen molar-refractivity contribution in [2.45, 2.75) is 39.7 Å². The number of anilines is 2.